The van der Waals surface area contributed by atoms with E-state index in [2.05, 4.69) is 10.1 Å². The predicted molar refractivity (Wildman–Crippen MR) is 49.4 cm³/mol. The normalized spacial score (nSPS) is 8.36. The van der Waals surface area contributed by atoms with Crippen LogP contribution in [0.15, 0.2) is 0 Å². The summed E-state index contributed by atoms with van der Waals surface area (Å²) in [7, 11) is 1.31. The Morgan fingerprint density at radius 3 is 1.93 bits per heavy atom. The van der Waals surface area contributed by atoms with Gasteiger partial charge in [0.1, 0.15) is 0 Å². The van der Waals surface area contributed by atoms with Gasteiger partial charge in [-0.1, -0.05) is 0 Å². The lowest BCUT2D eigenvalue weighted by Crippen LogP contribution is -2.06. The minimum absolute atomic E-state index is 0. The SMILES string of the molecule is Cl.Cl.Cn1nc(C(=O)O)nc1C(=O)O. The van der Waals surface area contributed by atoms with Gasteiger partial charge in [0.05, 0.1) is 0 Å². The number of aromatic carboxylic acids is 2. The number of aromatic nitrogens is 3. The van der Waals surface area contributed by atoms with Crippen molar-refractivity contribution in [3.8, 4) is 0 Å². The summed E-state index contributed by atoms with van der Waals surface area (Å²) in [5.74, 6) is -3.57. The minimum Gasteiger partial charge on any atom is -0.475 e. The van der Waals surface area contributed by atoms with Crippen LogP contribution in [0.1, 0.15) is 21.2 Å². The molecule has 0 aliphatic carbocycles. The highest BCUT2D eigenvalue weighted by Gasteiger charge is 2.17. The number of rotatable bonds is 2. The fourth-order valence-electron chi connectivity index (χ4n) is 0.661. The number of hydrogen-bond donors (Lipinski definition) is 2. The number of hydrogen-bond acceptors (Lipinski definition) is 4. The van der Waals surface area contributed by atoms with E-state index in [4.69, 9.17) is 10.2 Å². The molecule has 80 valence electrons. The molecule has 0 atom stereocenters. The average Bonchev–Trinajstić information content (AvgIpc) is 2.30. The molecule has 0 amide bonds. The Labute approximate surface area is 90.6 Å². The van der Waals surface area contributed by atoms with Crippen LogP contribution in [0.4, 0.5) is 0 Å². The van der Waals surface area contributed by atoms with Crippen molar-refractivity contribution in [1.82, 2.24) is 14.8 Å². The van der Waals surface area contributed by atoms with Crippen molar-refractivity contribution in [3.63, 3.8) is 0 Å². The zero-order valence-electron chi connectivity index (χ0n) is 6.87. The molecule has 0 saturated carbocycles. The van der Waals surface area contributed by atoms with E-state index in [1.807, 2.05) is 0 Å². The van der Waals surface area contributed by atoms with Gasteiger partial charge in [0, 0.05) is 7.05 Å². The third-order valence-corrected chi connectivity index (χ3v) is 1.15. The smallest absolute Gasteiger partial charge is 0.375 e. The molecule has 1 aromatic heterocycles. The third kappa shape index (κ3) is 2.86. The second-order valence-electron chi connectivity index (χ2n) is 1.99. The summed E-state index contributed by atoms with van der Waals surface area (Å²) < 4.78 is 0.895. The first-order valence-electron chi connectivity index (χ1n) is 2.90. The second kappa shape index (κ2) is 5.40. The van der Waals surface area contributed by atoms with Crippen molar-refractivity contribution in [1.29, 1.82) is 0 Å². The molecule has 0 saturated heterocycles. The average molecular weight is 244 g/mol. The van der Waals surface area contributed by atoms with Gasteiger partial charge in [-0.15, -0.1) is 29.9 Å². The quantitative estimate of drug-likeness (QED) is 0.761. The molecule has 0 spiro atoms. The van der Waals surface area contributed by atoms with E-state index in [0.717, 1.165) is 4.68 Å². The molecule has 0 aliphatic rings. The van der Waals surface area contributed by atoms with E-state index in [0.29, 0.717) is 0 Å². The lowest BCUT2D eigenvalue weighted by Gasteiger charge is -1.88. The Balaban J connectivity index is 0. The van der Waals surface area contributed by atoms with Crippen LogP contribution in [-0.4, -0.2) is 36.9 Å². The third-order valence-electron chi connectivity index (χ3n) is 1.15. The van der Waals surface area contributed by atoms with E-state index in [-0.39, 0.29) is 24.8 Å². The molecule has 0 aromatic carbocycles. The molecule has 0 radical (unpaired) electrons. The molecule has 1 rings (SSSR count). The Kier molecular flexibility index (Phi) is 5.85. The van der Waals surface area contributed by atoms with Gasteiger partial charge in [0.25, 0.3) is 5.82 Å². The van der Waals surface area contributed by atoms with Crippen LogP contribution < -0.4 is 0 Å². The first-order chi connectivity index (χ1) is 5.52. The fourth-order valence-corrected chi connectivity index (χ4v) is 0.661. The Bertz CT molecular complexity index is 351. The Hall–Kier alpha value is -1.34. The molecule has 1 aromatic rings. The number of halogens is 2. The van der Waals surface area contributed by atoms with Gasteiger partial charge in [-0.2, -0.15) is 4.98 Å². The molecular weight excluding hydrogens is 237 g/mol. The summed E-state index contributed by atoms with van der Waals surface area (Å²) in [5, 5.41) is 20.2. The zero-order valence-corrected chi connectivity index (χ0v) is 8.50. The molecular formula is C5H7Cl2N3O4. The molecule has 1 heterocycles. The summed E-state index contributed by atoms with van der Waals surface area (Å²) in [6.07, 6.45) is 0. The molecule has 0 fully saturated rings. The van der Waals surface area contributed by atoms with Gasteiger partial charge in [0.2, 0.25) is 5.82 Å². The molecule has 14 heavy (non-hydrogen) atoms. The molecule has 7 nitrogen and oxygen atoms in total. The number of aryl methyl sites for hydroxylation is 1. The van der Waals surface area contributed by atoms with Crippen molar-refractivity contribution >= 4 is 36.8 Å². The van der Waals surface area contributed by atoms with Crippen LogP contribution in [0, 0.1) is 0 Å². The highest BCUT2D eigenvalue weighted by atomic mass is 35.5. The lowest BCUT2D eigenvalue weighted by atomic mass is 10.6. The summed E-state index contributed by atoms with van der Waals surface area (Å²) in [6.45, 7) is 0. The van der Waals surface area contributed by atoms with Crippen LogP contribution in [0.3, 0.4) is 0 Å². The van der Waals surface area contributed by atoms with Crippen LogP contribution in [0.25, 0.3) is 0 Å². The van der Waals surface area contributed by atoms with Crippen LogP contribution in [0.5, 0.6) is 0 Å². The van der Waals surface area contributed by atoms with Crippen LogP contribution >= 0.6 is 24.8 Å². The highest BCUT2D eigenvalue weighted by Crippen LogP contribution is 1.95. The lowest BCUT2D eigenvalue weighted by molar-refractivity contribution is 0.0676. The number of carboxylic acids is 2. The van der Waals surface area contributed by atoms with Gasteiger partial charge in [-0.3, -0.25) is 0 Å². The summed E-state index contributed by atoms with van der Waals surface area (Å²) in [5.41, 5.74) is 0. The number of nitrogens with zero attached hydrogens (tertiary/aromatic N) is 3. The summed E-state index contributed by atoms with van der Waals surface area (Å²) in [6, 6.07) is 0. The first-order valence-corrected chi connectivity index (χ1v) is 2.90. The molecule has 0 unspecified atom stereocenters. The zero-order chi connectivity index (χ0) is 9.30. The number of carbonyl (C=O) groups is 2. The standard InChI is InChI=1S/C5H5N3O4.2ClH/c1-8-3(5(11)12)6-2(7-8)4(9)10;;/h1H3,(H,9,10)(H,11,12);2*1H. The van der Waals surface area contributed by atoms with Crippen molar-refractivity contribution in [3.05, 3.63) is 11.6 Å². The van der Waals surface area contributed by atoms with Crippen molar-refractivity contribution in [2.24, 2.45) is 7.05 Å². The van der Waals surface area contributed by atoms with Crippen LogP contribution in [-0.2, 0) is 7.05 Å². The Morgan fingerprint density at radius 1 is 1.21 bits per heavy atom. The maximum Gasteiger partial charge on any atom is 0.375 e. The largest absolute Gasteiger partial charge is 0.475 e. The van der Waals surface area contributed by atoms with Gasteiger partial charge in [-0.05, 0) is 0 Å². The van der Waals surface area contributed by atoms with Crippen LogP contribution in [0.2, 0.25) is 0 Å². The molecule has 0 bridgehead atoms. The van der Waals surface area contributed by atoms with Crippen molar-refractivity contribution in [2.45, 2.75) is 0 Å². The molecule has 9 heteroatoms. The van der Waals surface area contributed by atoms with E-state index >= 15 is 0 Å². The van der Waals surface area contributed by atoms with E-state index in [1.165, 1.54) is 7.05 Å². The highest BCUT2D eigenvalue weighted by molar-refractivity contribution is 5.87. The summed E-state index contributed by atoms with van der Waals surface area (Å²) >= 11 is 0. The van der Waals surface area contributed by atoms with E-state index in [9.17, 15) is 9.59 Å². The van der Waals surface area contributed by atoms with Crippen molar-refractivity contribution in [2.75, 3.05) is 0 Å². The molecule has 0 aliphatic heterocycles. The monoisotopic (exact) mass is 243 g/mol. The van der Waals surface area contributed by atoms with E-state index in [1.54, 1.807) is 0 Å². The maximum atomic E-state index is 10.3. The minimum atomic E-state index is -1.35. The van der Waals surface area contributed by atoms with Crippen molar-refractivity contribution < 1.29 is 19.8 Å². The topological polar surface area (TPSA) is 105 Å². The van der Waals surface area contributed by atoms with Gasteiger partial charge in [-0.25, -0.2) is 14.3 Å². The Morgan fingerprint density at radius 2 is 1.71 bits per heavy atom. The molecule has 2 N–H and O–H groups in total. The van der Waals surface area contributed by atoms with Gasteiger partial charge in [0.15, 0.2) is 0 Å². The second-order valence-corrected chi connectivity index (χ2v) is 1.99. The summed E-state index contributed by atoms with van der Waals surface area (Å²) in [4.78, 5) is 23.9. The van der Waals surface area contributed by atoms with Gasteiger partial charge < -0.3 is 10.2 Å². The maximum absolute atomic E-state index is 10.3. The van der Waals surface area contributed by atoms with E-state index < -0.39 is 23.6 Å². The van der Waals surface area contributed by atoms with Gasteiger partial charge >= 0.3 is 11.9 Å². The fraction of sp³-hybridized carbons (Fsp3) is 0.200. The number of carboxylic acid groups (broad SMARTS) is 2. The first kappa shape index (κ1) is 15.1. The predicted octanol–water partition coefficient (Wildman–Crippen LogP) is 0.0551.